The van der Waals surface area contributed by atoms with Crippen LogP contribution in [0.15, 0.2) is 12.3 Å². The standard InChI is InChI=1S/C12H15N5O3/c1-7(6-9(18)20-3)14-11(19)10-15-12-13-5-4-8(2)17(12)16-10/h4-5,7H,6H2,1-3H3,(H,14,19). The Bertz CT molecular complexity index is 652. The summed E-state index contributed by atoms with van der Waals surface area (Å²) in [5, 5.41) is 6.72. The lowest BCUT2D eigenvalue weighted by atomic mass is 10.2. The van der Waals surface area contributed by atoms with Gasteiger partial charge in [0.1, 0.15) is 0 Å². The van der Waals surface area contributed by atoms with Gasteiger partial charge in [-0.3, -0.25) is 9.59 Å². The second-order valence-electron chi connectivity index (χ2n) is 4.39. The van der Waals surface area contributed by atoms with Gasteiger partial charge in [0.15, 0.2) is 0 Å². The minimum absolute atomic E-state index is 0.0171. The van der Waals surface area contributed by atoms with E-state index in [-0.39, 0.29) is 18.3 Å². The highest BCUT2D eigenvalue weighted by Gasteiger charge is 2.18. The van der Waals surface area contributed by atoms with Gasteiger partial charge in [0.25, 0.3) is 11.7 Å². The minimum atomic E-state index is -0.452. The maximum atomic E-state index is 12.0. The van der Waals surface area contributed by atoms with Crippen molar-refractivity contribution < 1.29 is 14.3 Å². The van der Waals surface area contributed by atoms with E-state index in [0.717, 1.165) is 5.69 Å². The summed E-state index contributed by atoms with van der Waals surface area (Å²) < 4.78 is 6.02. The molecule has 1 unspecified atom stereocenters. The third kappa shape index (κ3) is 2.90. The highest BCUT2D eigenvalue weighted by atomic mass is 16.5. The maximum Gasteiger partial charge on any atom is 0.307 e. The van der Waals surface area contributed by atoms with Crippen LogP contribution in [0.25, 0.3) is 5.78 Å². The second-order valence-corrected chi connectivity index (χ2v) is 4.39. The van der Waals surface area contributed by atoms with Crippen molar-refractivity contribution in [2.75, 3.05) is 7.11 Å². The zero-order valence-corrected chi connectivity index (χ0v) is 11.5. The number of carbonyl (C=O) groups is 2. The molecule has 1 atom stereocenters. The zero-order valence-electron chi connectivity index (χ0n) is 11.5. The number of aromatic nitrogens is 4. The van der Waals surface area contributed by atoms with E-state index in [2.05, 4.69) is 25.1 Å². The number of nitrogens with zero attached hydrogens (tertiary/aromatic N) is 4. The molecule has 0 aliphatic rings. The van der Waals surface area contributed by atoms with Crippen molar-refractivity contribution in [1.29, 1.82) is 0 Å². The van der Waals surface area contributed by atoms with Gasteiger partial charge in [-0.05, 0) is 19.9 Å². The highest BCUT2D eigenvalue weighted by molar-refractivity contribution is 5.91. The number of rotatable bonds is 4. The first kappa shape index (κ1) is 13.9. The molecule has 0 aliphatic carbocycles. The van der Waals surface area contributed by atoms with Crippen LogP contribution in [-0.2, 0) is 9.53 Å². The van der Waals surface area contributed by atoms with Crippen LogP contribution in [0.2, 0.25) is 0 Å². The summed E-state index contributed by atoms with van der Waals surface area (Å²) >= 11 is 0. The van der Waals surface area contributed by atoms with Gasteiger partial charge in [-0.2, -0.15) is 4.98 Å². The van der Waals surface area contributed by atoms with Crippen LogP contribution < -0.4 is 5.32 Å². The molecule has 0 radical (unpaired) electrons. The third-order valence-corrected chi connectivity index (χ3v) is 2.71. The summed E-state index contributed by atoms with van der Waals surface area (Å²) in [6.45, 7) is 3.54. The van der Waals surface area contributed by atoms with Crippen LogP contribution in [0.3, 0.4) is 0 Å². The predicted molar refractivity (Wildman–Crippen MR) is 69.1 cm³/mol. The molecule has 8 nitrogen and oxygen atoms in total. The molecule has 2 aromatic heterocycles. The Morgan fingerprint density at radius 3 is 2.90 bits per heavy atom. The number of hydrogen-bond donors (Lipinski definition) is 1. The lowest BCUT2D eigenvalue weighted by Crippen LogP contribution is -2.35. The van der Waals surface area contributed by atoms with Gasteiger partial charge in [0.2, 0.25) is 5.82 Å². The first-order valence-corrected chi connectivity index (χ1v) is 6.07. The smallest absolute Gasteiger partial charge is 0.307 e. The number of carbonyl (C=O) groups excluding carboxylic acids is 2. The molecule has 1 amide bonds. The molecule has 106 valence electrons. The number of esters is 1. The normalized spacial score (nSPS) is 12.2. The van der Waals surface area contributed by atoms with E-state index in [9.17, 15) is 9.59 Å². The van der Waals surface area contributed by atoms with E-state index in [0.29, 0.717) is 5.78 Å². The largest absolute Gasteiger partial charge is 0.469 e. The first-order chi connectivity index (χ1) is 9.51. The molecule has 0 fully saturated rings. The summed E-state index contributed by atoms with van der Waals surface area (Å²) in [5.41, 5.74) is 0.823. The Hall–Kier alpha value is -2.51. The topological polar surface area (TPSA) is 98.5 Å². The van der Waals surface area contributed by atoms with Gasteiger partial charge in [-0.15, -0.1) is 5.10 Å². The van der Waals surface area contributed by atoms with Crippen molar-refractivity contribution >= 4 is 17.7 Å². The maximum absolute atomic E-state index is 12.0. The van der Waals surface area contributed by atoms with Gasteiger partial charge in [-0.25, -0.2) is 9.50 Å². The van der Waals surface area contributed by atoms with E-state index in [4.69, 9.17) is 0 Å². The van der Waals surface area contributed by atoms with Crippen LogP contribution in [-0.4, -0.2) is 44.6 Å². The zero-order chi connectivity index (χ0) is 14.7. The average Bonchev–Trinajstić information content (AvgIpc) is 2.84. The number of methoxy groups -OCH3 is 1. The summed E-state index contributed by atoms with van der Waals surface area (Å²) in [4.78, 5) is 31.1. The average molecular weight is 277 g/mol. The van der Waals surface area contributed by atoms with Gasteiger partial charge in [0, 0.05) is 17.9 Å². The quantitative estimate of drug-likeness (QED) is 0.797. The molecule has 0 spiro atoms. The fourth-order valence-electron chi connectivity index (χ4n) is 1.68. The minimum Gasteiger partial charge on any atom is -0.469 e. The summed E-state index contributed by atoms with van der Waals surface area (Å²) in [7, 11) is 1.30. The third-order valence-electron chi connectivity index (χ3n) is 2.71. The van der Waals surface area contributed by atoms with Crippen molar-refractivity contribution in [2.45, 2.75) is 26.3 Å². The fourth-order valence-corrected chi connectivity index (χ4v) is 1.68. The number of ether oxygens (including phenoxy) is 1. The molecule has 1 N–H and O–H groups in total. The Kier molecular flexibility index (Phi) is 3.92. The number of nitrogens with one attached hydrogen (secondary N) is 1. The Morgan fingerprint density at radius 1 is 1.50 bits per heavy atom. The number of aryl methyl sites for hydroxylation is 1. The van der Waals surface area contributed by atoms with Crippen molar-refractivity contribution in [3.63, 3.8) is 0 Å². The molecule has 0 saturated carbocycles. The molecule has 2 rings (SSSR count). The molecule has 2 heterocycles. The molecule has 20 heavy (non-hydrogen) atoms. The van der Waals surface area contributed by atoms with Crippen molar-refractivity contribution in [3.8, 4) is 0 Å². The summed E-state index contributed by atoms with van der Waals surface area (Å²) in [6.07, 6.45) is 1.69. The molecule has 2 aromatic rings. The van der Waals surface area contributed by atoms with Crippen molar-refractivity contribution in [1.82, 2.24) is 24.9 Å². The molecule has 8 heteroatoms. The van der Waals surface area contributed by atoms with Crippen molar-refractivity contribution in [2.24, 2.45) is 0 Å². The van der Waals surface area contributed by atoms with Gasteiger partial charge >= 0.3 is 5.97 Å². The molecule has 0 bridgehead atoms. The number of amides is 1. The van der Waals surface area contributed by atoms with E-state index < -0.39 is 11.9 Å². The van der Waals surface area contributed by atoms with Crippen LogP contribution >= 0.6 is 0 Å². The van der Waals surface area contributed by atoms with Gasteiger partial charge in [-0.1, -0.05) is 0 Å². The van der Waals surface area contributed by atoms with E-state index in [1.807, 2.05) is 6.92 Å². The van der Waals surface area contributed by atoms with E-state index in [1.54, 1.807) is 19.2 Å². The Labute approximate surface area is 115 Å². The fraction of sp³-hybridized carbons (Fsp3) is 0.417. The van der Waals surface area contributed by atoms with E-state index in [1.165, 1.54) is 11.6 Å². The van der Waals surface area contributed by atoms with Crippen molar-refractivity contribution in [3.05, 3.63) is 23.8 Å². The monoisotopic (exact) mass is 277 g/mol. The molecule has 0 saturated heterocycles. The first-order valence-electron chi connectivity index (χ1n) is 6.07. The molecular formula is C12H15N5O3. The molecule has 0 aliphatic heterocycles. The van der Waals surface area contributed by atoms with Gasteiger partial charge in [0.05, 0.1) is 13.5 Å². The van der Waals surface area contributed by atoms with Crippen LogP contribution in [0.1, 0.15) is 29.7 Å². The van der Waals surface area contributed by atoms with E-state index >= 15 is 0 Å². The van der Waals surface area contributed by atoms with Crippen LogP contribution in [0, 0.1) is 6.92 Å². The SMILES string of the molecule is COC(=O)CC(C)NC(=O)c1nc2nccc(C)n2n1. The molecule has 0 aromatic carbocycles. The lowest BCUT2D eigenvalue weighted by molar-refractivity contribution is -0.141. The van der Waals surface area contributed by atoms with Gasteiger partial charge < -0.3 is 10.1 Å². The predicted octanol–water partition coefficient (Wildman–Crippen LogP) is 0.114. The summed E-state index contributed by atoms with van der Waals surface area (Å²) in [6, 6.07) is 1.40. The summed E-state index contributed by atoms with van der Waals surface area (Å²) in [5.74, 6) is -0.469. The van der Waals surface area contributed by atoms with Crippen LogP contribution in [0.5, 0.6) is 0 Å². The second kappa shape index (κ2) is 5.64. The lowest BCUT2D eigenvalue weighted by Gasteiger charge is -2.10. The Morgan fingerprint density at radius 2 is 2.25 bits per heavy atom. The molecular weight excluding hydrogens is 262 g/mol. The number of hydrogen-bond acceptors (Lipinski definition) is 6. The highest BCUT2D eigenvalue weighted by Crippen LogP contribution is 2.02. The number of fused-ring (bicyclic) bond motifs is 1. The Balaban J connectivity index is 2.11. The van der Waals surface area contributed by atoms with Crippen LogP contribution in [0.4, 0.5) is 0 Å².